The van der Waals surface area contributed by atoms with E-state index in [1.165, 1.54) is 12.1 Å². The fourth-order valence-corrected chi connectivity index (χ4v) is 1.65. The number of aromatic carboxylic acids is 1. The maximum atomic E-state index is 10.9. The number of rotatable bonds is 4. The summed E-state index contributed by atoms with van der Waals surface area (Å²) in [5, 5.41) is 32.1. The number of nitro groups is 1. The van der Waals surface area contributed by atoms with Crippen molar-refractivity contribution in [3.05, 3.63) is 58.1 Å². The number of benzene rings is 2. The predicted molar refractivity (Wildman–Crippen MR) is 71.4 cm³/mol. The Kier molecular flexibility index (Phi) is 3.52. The third-order valence-electron chi connectivity index (χ3n) is 2.61. The van der Waals surface area contributed by atoms with Crippen LogP contribution in [0.15, 0.2) is 42.5 Å². The van der Waals surface area contributed by atoms with Gasteiger partial charge in [-0.05, 0) is 24.3 Å². The maximum absolute atomic E-state index is 10.9. The average molecular weight is 274 g/mol. The van der Waals surface area contributed by atoms with Gasteiger partial charge in [0.2, 0.25) is 0 Å². The van der Waals surface area contributed by atoms with Crippen LogP contribution in [0.1, 0.15) is 10.4 Å². The molecule has 0 aliphatic carbocycles. The number of nitro benzene ring substituents is 1. The van der Waals surface area contributed by atoms with Crippen LogP contribution in [0.5, 0.6) is 5.75 Å². The molecule has 0 unspecified atom stereocenters. The lowest BCUT2D eigenvalue weighted by atomic mass is 10.1. The Morgan fingerprint density at radius 2 is 1.85 bits per heavy atom. The van der Waals surface area contributed by atoms with Crippen LogP contribution in [0.4, 0.5) is 17.1 Å². The van der Waals surface area contributed by atoms with Gasteiger partial charge in [-0.25, -0.2) is 4.79 Å². The number of carboxylic acids is 1. The van der Waals surface area contributed by atoms with Crippen molar-refractivity contribution in [2.75, 3.05) is 5.32 Å². The molecule has 0 spiro atoms. The van der Waals surface area contributed by atoms with Crippen molar-refractivity contribution in [2.45, 2.75) is 0 Å². The topological polar surface area (TPSA) is 113 Å². The number of nitrogens with one attached hydrogen (secondary N) is 1. The largest absolute Gasteiger partial charge is 0.506 e. The van der Waals surface area contributed by atoms with E-state index in [0.717, 1.165) is 18.2 Å². The van der Waals surface area contributed by atoms with E-state index >= 15 is 0 Å². The molecule has 7 nitrogen and oxygen atoms in total. The highest BCUT2D eigenvalue weighted by Crippen LogP contribution is 2.32. The van der Waals surface area contributed by atoms with Crippen LogP contribution in [0.2, 0.25) is 0 Å². The van der Waals surface area contributed by atoms with Gasteiger partial charge in [0.1, 0.15) is 11.4 Å². The summed E-state index contributed by atoms with van der Waals surface area (Å²) < 4.78 is 0. The first-order valence-electron chi connectivity index (χ1n) is 5.56. The van der Waals surface area contributed by atoms with Gasteiger partial charge in [0.05, 0.1) is 16.2 Å². The SMILES string of the molecule is O=C(O)c1ccc([N+](=O)[O-])c(Nc2ccccc2O)c1. The lowest BCUT2D eigenvalue weighted by Gasteiger charge is -2.09. The number of para-hydroxylation sites is 2. The van der Waals surface area contributed by atoms with E-state index in [4.69, 9.17) is 5.11 Å². The summed E-state index contributed by atoms with van der Waals surface area (Å²) in [6.07, 6.45) is 0. The molecule has 102 valence electrons. The van der Waals surface area contributed by atoms with Crippen LogP contribution in [-0.2, 0) is 0 Å². The molecule has 0 saturated heterocycles. The Labute approximate surface area is 113 Å². The summed E-state index contributed by atoms with van der Waals surface area (Å²) >= 11 is 0. The van der Waals surface area contributed by atoms with E-state index in [0.29, 0.717) is 0 Å². The monoisotopic (exact) mass is 274 g/mol. The highest BCUT2D eigenvalue weighted by Gasteiger charge is 2.17. The van der Waals surface area contributed by atoms with Crippen LogP contribution in [0.25, 0.3) is 0 Å². The number of aromatic hydroxyl groups is 1. The second-order valence-electron chi connectivity index (χ2n) is 3.94. The Hall–Kier alpha value is -3.09. The van der Waals surface area contributed by atoms with Gasteiger partial charge < -0.3 is 15.5 Å². The molecule has 0 heterocycles. The zero-order valence-corrected chi connectivity index (χ0v) is 10.1. The second kappa shape index (κ2) is 5.27. The Balaban J connectivity index is 2.48. The average Bonchev–Trinajstić information content (AvgIpc) is 2.41. The fourth-order valence-electron chi connectivity index (χ4n) is 1.65. The molecule has 0 bridgehead atoms. The van der Waals surface area contributed by atoms with Crippen LogP contribution >= 0.6 is 0 Å². The standard InChI is InChI=1S/C13H10N2O5/c16-12-4-2-1-3-9(12)14-10-7-8(13(17)18)5-6-11(10)15(19)20/h1-7,14,16H,(H,17,18). The first kappa shape index (κ1) is 13.3. The summed E-state index contributed by atoms with van der Waals surface area (Å²) in [5.74, 6) is -1.29. The molecule has 0 amide bonds. The lowest BCUT2D eigenvalue weighted by Crippen LogP contribution is -2.01. The van der Waals surface area contributed by atoms with E-state index in [-0.39, 0.29) is 28.4 Å². The van der Waals surface area contributed by atoms with E-state index in [9.17, 15) is 20.0 Å². The molecule has 0 atom stereocenters. The minimum atomic E-state index is -1.19. The van der Waals surface area contributed by atoms with Crippen LogP contribution < -0.4 is 5.32 Å². The molecule has 0 aliphatic heterocycles. The number of anilines is 2. The normalized spacial score (nSPS) is 10.0. The predicted octanol–water partition coefficient (Wildman–Crippen LogP) is 2.74. The quantitative estimate of drug-likeness (QED) is 0.449. The van der Waals surface area contributed by atoms with Gasteiger partial charge in [0.25, 0.3) is 5.69 Å². The van der Waals surface area contributed by atoms with Crippen molar-refractivity contribution in [3.8, 4) is 5.75 Å². The summed E-state index contributed by atoms with van der Waals surface area (Å²) in [4.78, 5) is 21.2. The van der Waals surface area contributed by atoms with Gasteiger partial charge in [0.15, 0.2) is 0 Å². The lowest BCUT2D eigenvalue weighted by molar-refractivity contribution is -0.383. The number of hydrogen-bond acceptors (Lipinski definition) is 5. The third-order valence-corrected chi connectivity index (χ3v) is 2.61. The number of phenolic OH excluding ortho intramolecular Hbond substituents is 1. The molecule has 2 aromatic rings. The number of carboxylic acid groups (broad SMARTS) is 1. The second-order valence-corrected chi connectivity index (χ2v) is 3.94. The van der Waals surface area contributed by atoms with Crippen molar-refractivity contribution in [1.29, 1.82) is 0 Å². The van der Waals surface area contributed by atoms with Crippen LogP contribution in [-0.4, -0.2) is 21.1 Å². The van der Waals surface area contributed by atoms with Gasteiger partial charge in [0, 0.05) is 6.07 Å². The molecule has 0 aromatic heterocycles. The van der Waals surface area contributed by atoms with Gasteiger partial charge in [-0.3, -0.25) is 10.1 Å². The zero-order chi connectivity index (χ0) is 14.7. The molecule has 20 heavy (non-hydrogen) atoms. The summed E-state index contributed by atoms with van der Waals surface area (Å²) in [6.45, 7) is 0. The van der Waals surface area contributed by atoms with Gasteiger partial charge >= 0.3 is 5.97 Å². The first-order chi connectivity index (χ1) is 9.49. The van der Waals surface area contributed by atoms with Crippen LogP contribution in [0, 0.1) is 10.1 Å². The number of carbonyl (C=O) groups is 1. The first-order valence-corrected chi connectivity index (χ1v) is 5.56. The summed E-state index contributed by atoms with van der Waals surface area (Å²) in [6, 6.07) is 9.56. The number of hydrogen-bond donors (Lipinski definition) is 3. The molecule has 7 heteroatoms. The number of nitrogens with zero attached hydrogens (tertiary/aromatic N) is 1. The molecule has 3 N–H and O–H groups in total. The Morgan fingerprint density at radius 3 is 2.45 bits per heavy atom. The van der Waals surface area contributed by atoms with Gasteiger partial charge in [-0.2, -0.15) is 0 Å². The molecular formula is C13H10N2O5. The van der Waals surface area contributed by atoms with Gasteiger partial charge in [-0.1, -0.05) is 12.1 Å². The van der Waals surface area contributed by atoms with Crippen molar-refractivity contribution in [3.63, 3.8) is 0 Å². The van der Waals surface area contributed by atoms with Crippen molar-refractivity contribution in [2.24, 2.45) is 0 Å². The zero-order valence-electron chi connectivity index (χ0n) is 10.1. The smallest absolute Gasteiger partial charge is 0.335 e. The highest BCUT2D eigenvalue weighted by molar-refractivity contribution is 5.90. The van der Waals surface area contributed by atoms with E-state index in [2.05, 4.69) is 5.32 Å². The summed E-state index contributed by atoms with van der Waals surface area (Å²) in [5.41, 5.74) is -0.124. The van der Waals surface area contributed by atoms with E-state index in [1.807, 2.05) is 0 Å². The van der Waals surface area contributed by atoms with Crippen molar-refractivity contribution >= 4 is 23.0 Å². The highest BCUT2D eigenvalue weighted by atomic mass is 16.6. The van der Waals surface area contributed by atoms with E-state index < -0.39 is 10.9 Å². The van der Waals surface area contributed by atoms with Crippen molar-refractivity contribution in [1.82, 2.24) is 0 Å². The Bertz CT molecular complexity index is 684. The molecule has 2 rings (SSSR count). The molecule has 2 aromatic carbocycles. The molecule has 0 fully saturated rings. The molecule has 0 radical (unpaired) electrons. The van der Waals surface area contributed by atoms with Gasteiger partial charge in [-0.15, -0.1) is 0 Å². The molecule has 0 saturated carbocycles. The number of phenols is 1. The maximum Gasteiger partial charge on any atom is 0.335 e. The van der Waals surface area contributed by atoms with Crippen molar-refractivity contribution < 1.29 is 19.9 Å². The minimum Gasteiger partial charge on any atom is -0.506 e. The Morgan fingerprint density at radius 1 is 1.15 bits per heavy atom. The van der Waals surface area contributed by atoms with Crippen LogP contribution in [0.3, 0.4) is 0 Å². The third kappa shape index (κ3) is 2.66. The summed E-state index contributed by atoms with van der Waals surface area (Å²) in [7, 11) is 0. The molecular weight excluding hydrogens is 264 g/mol. The minimum absolute atomic E-state index is 0.00333. The molecule has 0 aliphatic rings. The van der Waals surface area contributed by atoms with E-state index in [1.54, 1.807) is 12.1 Å². The fraction of sp³-hybridized carbons (Fsp3) is 0.